The first-order valence-electron chi connectivity index (χ1n) is 10.3. The molecule has 6 nitrogen and oxygen atoms in total. The quantitative estimate of drug-likeness (QED) is 0.534. The molecule has 2 aromatic carbocycles. The normalized spacial score (nSPS) is 15.0. The Hall–Kier alpha value is -3.93. The van der Waals surface area contributed by atoms with Crippen molar-refractivity contribution >= 4 is 5.91 Å². The number of aromatic nitrogens is 3. The van der Waals surface area contributed by atoms with Gasteiger partial charge in [-0.25, -0.2) is 0 Å². The molecule has 31 heavy (non-hydrogen) atoms. The van der Waals surface area contributed by atoms with E-state index < -0.39 is 0 Å². The van der Waals surface area contributed by atoms with Gasteiger partial charge in [0.2, 0.25) is 0 Å². The van der Waals surface area contributed by atoms with Crippen LogP contribution in [0.5, 0.6) is 5.75 Å². The molecule has 0 saturated carbocycles. The number of ether oxygens (including phenoxy) is 1. The van der Waals surface area contributed by atoms with E-state index in [1.165, 1.54) is 0 Å². The lowest BCUT2D eigenvalue weighted by Crippen LogP contribution is -2.32. The van der Waals surface area contributed by atoms with Gasteiger partial charge < -0.3 is 10.1 Å². The minimum atomic E-state index is -0.104. The molecule has 0 aliphatic carbocycles. The zero-order valence-electron chi connectivity index (χ0n) is 16.9. The molecule has 1 atom stereocenters. The Balaban J connectivity index is 1.37. The summed E-state index contributed by atoms with van der Waals surface area (Å²) in [5.74, 6) is 0.733. The van der Waals surface area contributed by atoms with Crippen LogP contribution >= 0.6 is 0 Å². The second-order valence-electron chi connectivity index (χ2n) is 7.56. The van der Waals surface area contributed by atoms with Crippen molar-refractivity contribution in [2.75, 3.05) is 6.61 Å². The Bertz CT molecular complexity index is 1190. The Morgan fingerprint density at radius 1 is 1.03 bits per heavy atom. The van der Waals surface area contributed by atoms with Crippen molar-refractivity contribution in [3.8, 4) is 16.9 Å². The third kappa shape index (κ3) is 4.19. The maximum Gasteiger partial charge on any atom is 0.251 e. The van der Waals surface area contributed by atoms with Crippen LogP contribution in [-0.4, -0.2) is 27.3 Å². The largest absolute Gasteiger partial charge is 0.493 e. The molecule has 1 aliphatic heterocycles. The number of hydrogen-bond donors (Lipinski definition) is 1. The van der Waals surface area contributed by atoms with Crippen LogP contribution in [0.3, 0.4) is 0 Å². The molecule has 1 aliphatic rings. The zero-order chi connectivity index (χ0) is 21.0. The molecule has 0 fully saturated rings. The molecule has 1 N–H and O–H groups in total. The number of nitrogens with zero attached hydrogens (tertiary/aromatic N) is 3. The van der Waals surface area contributed by atoms with Crippen molar-refractivity contribution in [1.29, 1.82) is 0 Å². The minimum Gasteiger partial charge on any atom is -0.493 e. The summed E-state index contributed by atoms with van der Waals surface area (Å²) in [6.07, 6.45) is 7.94. The van der Waals surface area contributed by atoms with E-state index in [-0.39, 0.29) is 11.9 Å². The third-order valence-electron chi connectivity index (χ3n) is 5.46. The van der Waals surface area contributed by atoms with Gasteiger partial charge in [-0.3, -0.25) is 14.5 Å². The van der Waals surface area contributed by atoms with E-state index in [0.29, 0.717) is 18.7 Å². The summed E-state index contributed by atoms with van der Waals surface area (Å²) in [6, 6.07) is 19.5. The molecule has 4 aromatic rings. The lowest BCUT2D eigenvalue weighted by molar-refractivity contribution is 0.0924. The summed E-state index contributed by atoms with van der Waals surface area (Å²) < 4.78 is 7.68. The summed E-state index contributed by atoms with van der Waals surface area (Å²) in [7, 11) is 0. The second-order valence-corrected chi connectivity index (χ2v) is 7.56. The van der Waals surface area contributed by atoms with Gasteiger partial charge in [-0.1, -0.05) is 18.2 Å². The first-order chi connectivity index (χ1) is 15.3. The van der Waals surface area contributed by atoms with Crippen LogP contribution in [0.25, 0.3) is 11.1 Å². The molecule has 0 saturated heterocycles. The van der Waals surface area contributed by atoms with Gasteiger partial charge in [0, 0.05) is 42.3 Å². The number of hydrogen-bond acceptors (Lipinski definition) is 4. The van der Waals surface area contributed by atoms with Crippen LogP contribution in [0.15, 0.2) is 85.5 Å². The van der Waals surface area contributed by atoms with Crippen molar-refractivity contribution < 1.29 is 9.53 Å². The van der Waals surface area contributed by atoms with E-state index in [9.17, 15) is 4.79 Å². The van der Waals surface area contributed by atoms with Crippen LogP contribution < -0.4 is 10.1 Å². The lowest BCUT2D eigenvalue weighted by atomic mass is 9.95. The maximum atomic E-state index is 13.0. The number of pyridine rings is 1. The van der Waals surface area contributed by atoms with Crippen molar-refractivity contribution in [1.82, 2.24) is 20.1 Å². The van der Waals surface area contributed by atoms with E-state index >= 15 is 0 Å². The molecule has 1 amide bonds. The third-order valence-corrected chi connectivity index (χ3v) is 5.46. The molecular weight excluding hydrogens is 388 g/mol. The van der Waals surface area contributed by atoms with E-state index in [4.69, 9.17) is 4.74 Å². The number of benzene rings is 2. The van der Waals surface area contributed by atoms with Crippen LogP contribution in [0, 0.1) is 0 Å². The van der Waals surface area contributed by atoms with Gasteiger partial charge in [-0.2, -0.15) is 5.10 Å². The predicted molar refractivity (Wildman–Crippen MR) is 118 cm³/mol. The van der Waals surface area contributed by atoms with Crippen LogP contribution in [-0.2, 0) is 6.54 Å². The number of carbonyl (C=O) groups excluding carboxylic acids is 1. The smallest absolute Gasteiger partial charge is 0.251 e. The highest BCUT2D eigenvalue weighted by atomic mass is 16.5. The molecule has 1 unspecified atom stereocenters. The van der Waals surface area contributed by atoms with Crippen molar-refractivity contribution in [2.24, 2.45) is 0 Å². The highest BCUT2D eigenvalue weighted by molar-refractivity contribution is 5.94. The molecule has 154 valence electrons. The summed E-state index contributed by atoms with van der Waals surface area (Å²) in [5.41, 5.74) is 4.83. The highest BCUT2D eigenvalue weighted by Crippen LogP contribution is 2.35. The van der Waals surface area contributed by atoms with Gasteiger partial charge in [-0.15, -0.1) is 0 Å². The number of rotatable bonds is 5. The number of carbonyl (C=O) groups is 1. The van der Waals surface area contributed by atoms with Gasteiger partial charge >= 0.3 is 0 Å². The Labute approximate surface area is 180 Å². The van der Waals surface area contributed by atoms with Crippen LogP contribution in [0.1, 0.15) is 33.9 Å². The summed E-state index contributed by atoms with van der Waals surface area (Å²) in [6.45, 7) is 1.20. The fraction of sp³-hybridized carbons (Fsp3) is 0.160. The zero-order valence-corrected chi connectivity index (χ0v) is 16.9. The molecule has 3 heterocycles. The van der Waals surface area contributed by atoms with Gasteiger partial charge in [0.1, 0.15) is 5.75 Å². The van der Waals surface area contributed by atoms with Crippen LogP contribution in [0.2, 0.25) is 0 Å². The first kappa shape index (κ1) is 19.1. The molecule has 0 bridgehead atoms. The Morgan fingerprint density at radius 2 is 1.94 bits per heavy atom. The summed E-state index contributed by atoms with van der Waals surface area (Å²) in [4.78, 5) is 17.1. The predicted octanol–water partition coefficient (Wildman–Crippen LogP) is 4.25. The molecule has 0 radical (unpaired) electrons. The molecule has 6 heteroatoms. The van der Waals surface area contributed by atoms with Crippen LogP contribution in [0.4, 0.5) is 0 Å². The molecular formula is C25H22N4O2. The average molecular weight is 410 g/mol. The minimum absolute atomic E-state index is 0.0884. The Kier molecular flexibility index (Phi) is 5.19. The first-order valence-corrected chi connectivity index (χ1v) is 10.3. The summed E-state index contributed by atoms with van der Waals surface area (Å²) >= 11 is 0. The topological polar surface area (TPSA) is 69.0 Å². The van der Waals surface area contributed by atoms with Gasteiger partial charge in [-0.05, 0) is 59.2 Å². The standard InChI is InChI=1S/C25H22N4O2/c30-25(21-4-1-3-18(15-21)17-29-13-2-10-27-29)28-23-9-14-31-24-6-5-20(16-22(23)24)19-7-11-26-12-8-19/h1-8,10-13,15-16,23H,9,14,17H2,(H,28,30). The number of amides is 1. The van der Waals surface area contributed by atoms with Crippen molar-refractivity contribution in [2.45, 2.75) is 19.0 Å². The van der Waals surface area contributed by atoms with Crippen molar-refractivity contribution in [3.63, 3.8) is 0 Å². The molecule has 2 aromatic heterocycles. The highest BCUT2D eigenvalue weighted by Gasteiger charge is 2.24. The van der Waals surface area contributed by atoms with Crippen molar-refractivity contribution in [3.05, 3.63) is 102 Å². The molecule has 5 rings (SSSR count). The maximum absolute atomic E-state index is 13.0. The van der Waals surface area contributed by atoms with Gasteiger partial charge in [0.25, 0.3) is 5.91 Å². The van der Waals surface area contributed by atoms with Gasteiger partial charge in [0.15, 0.2) is 0 Å². The fourth-order valence-corrected chi connectivity index (χ4v) is 3.90. The SMILES string of the molecule is O=C(NC1CCOc2ccc(-c3ccncc3)cc21)c1cccc(Cn2cccn2)c1. The van der Waals surface area contributed by atoms with E-state index in [1.807, 2.05) is 65.5 Å². The number of nitrogens with one attached hydrogen (secondary N) is 1. The van der Waals surface area contributed by atoms with E-state index in [0.717, 1.165) is 34.4 Å². The number of fused-ring (bicyclic) bond motifs is 1. The molecule has 0 spiro atoms. The summed E-state index contributed by atoms with van der Waals surface area (Å²) in [5, 5.41) is 7.44. The second kappa shape index (κ2) is 8.44. The fourth-order valence-electron chi connectivity index (χ4n) is 3.90. The lowest BCUT2D eigenvalue weighted by Gasteiger charge is -2.27. The monoisotopic (exact) mass is 410 g/mol. The Morgan fingerprint density at radius 3 is 2.77 bits per heavy atom. The average Bonchev–Trinajstić information content (AvgIpc) is 3.33. The van der Waals surface area contributed by atoms with Gasteiger partial charge in [0.05, 0.1) is 19.2 Å². The van der Waals surface area contributed by atoms with E-state index in [1.54, 1.807) is 18.6 Å². The van der Waals surface area contributed by atoms with E-state index in [2.05, 4.69) is 21.5 Å².